The molecule has 3 nitrogen and oxygen atoms in total. The molecule has 0 aromatic heterocycles. The zero-order valence-corrected chi connectivity index (χ0v) is 21.5. The quantitative estimate of drug-likeness (QED) is 0.317. The van der Waals surface area contributed by atoms with Crippen molar-refractivity contribution in [2.75, 3.05) is 45.9 Å². The molecule has 1 atom stereocenters. The standard InChI is InChI=1S/C28H32F2N2O.2ClH/c29-26-13-11-24(12-14-26)28(25-9-4-10-27(30)22-25)33-21-20-32-18-16-31(17-19-32)15-5-8-23-6-2-1-3-7-23;;/h1-4,6-7,9-14,22,28H,5,8,15-21H2;2*1H. The molecule has 7 heteroatoms. The summed E-state index contributed by atoms with van der Waals surface area (Å²) in [6, 6.07) is 23.4. The van der Waals surface area contributed by atoms with Gasteiger partial charge in [0.2, 0.25) is 0 Å². The molecule has 0 saturated carbocycles. The van der Waals surface area contributed by atoms with Gasteiger partial charge in [-0.15, -0.1) is 24.8 Å². The van der Waals surface area contributed by atoms with Crippen LogP contribution in [0, 0.1) is 11.6 Å². The highest BCUT2D eigenvalue weighted by molar-refractivity contribution is 5.85. The number of aryl methyl sites for hydroxylation is 1. The molecule has 0 radical (unpaired) electrons. The first-order valence-electron chi connectivity index (χ1n) is 11.8. The molecule has 35 heavy (non-hydrogen) atoms. The zero-order valence-electron chi connectivity index (χ0n) is 19.8. The highest BCUT2D eigenvalue weighted by Gasteiger charge is 2.19. The van der Waals surface area contributed by atoms with Crippen LogP contribution in [0.4, 0.5) is 8.78 Å². The number of ether oxygens (including phenoxy) is 1. The average molecular weight is 523 g/mol. The molecule has 1 fully saturated rings. The van der Waals surface area contributed by atoms with Crippen molar-refractivity contribution in [3.05, 3.63) is 107 Å². The van der Waals surface area contributed by atoms with Crippen molar-refractivity contribution >= 4 is 24.8 Å². The van der Waals surface area contributed by atoms with E-state index in [2.05, 4.69) is 40.1 Å². The Balaban J connectivity index is 0.00000216. The summed E-state index contributed by atoms with van der Waals surface area (Å²) < 4.78 is 33.4. The van der Waals surface area contributed by atoms with Gasteiger partial charge in [-0.3, -0.25) is 4.90 Å². The molecule has 1 aliphatic rings. The zero-order chi connectivity index (χ0) is 22.9. The number of halogens is 4. The molecule has 1 aliphatic heterocycles. The normalized spacial score (nSPS) is 15.1. The van der Waals surface area contributed by atoms with Crippen molar-refractivity contribution in [1.82, 2.24) is 9.80 Å². The molecular weight excluding hydrogens is 489 g/mol. The van der Waals surface area contributed by atoms with E-state index < -0.39 is 6.10 Å². The van der Waals surface area contributed by atoms with Gasteiger partial charge in [0, 0.05) is 32.7 Å². The fourth-order valence-electron chi connectivity index (χ4n) is 4.38. The second-order valence-corrected chi connectivity index (χ2v) is 8.63. The number of benzene rings is 3. The van der Waals surface area contributed by atoms with Gasteiger partial charge in [0.05, 0.1) is 6.61 Å². The molecule has 0 N–H and O–H groups in total. The Hall–Kier alpha value is -2.02. The number of hydrogen-bond donors (Lipinski definition) is 0. The van der Waals surface area contributed by atoms with Crippen molar-refractivity contribution in [1.29, 1.82) is 0 Å². The highest BCUT2D eigenvalue weighted by atomic mass is 35.5. The van der Waals surface area contributed by atoms with Gasteiger partial charge < -0.3 is 9.64 Å². The summed E-state index contributed by atoms with van der Waals surface area (Å²) in [6.45, 7) is 6.68. The first kappa shape index (κ1) is 29.2. The van der Waals surface area contributed by atoms with Crippen LogP contribution in [0.25, 0.3) is 0 Å². The Morgan fingerprint density at radius 2 is 1.34 bits per heavy atom. The first-order chi connectivity index (χ1) is 16.2. The molecule has 0 amide bonds. The molecule has 1 saturated heterocycles. The van der Waals surface area contributed by atoms with Gasteiger partial charge in [0.1, 0.15) is 17.7 Å². The summed E-state index contributed by atoms with van der Waals surface area (Å²) in [4.78, 5) is 4.95. The third-order valence-electron chi connectivity index (χ3n) is 6.26. The molecule has 190 valence electrons. The van der Waals surface area contributed by atoms with Crippen molar-refractivity contribution in [2.45, 2.75) is 18.9 Å². The van der Waals surface area contributed by atoms with Crippen LogP contribution >= 0.6 is 24.8 Å². The van der Waals surface area contributed by atoms with Gasteiger partial charge in [-0.25, -0.2) is 8.78 Å². The van der Waals surface area contributed by atoms with E-state index in [1.807, 2.05) is 6.07 Å². The maximum Gasteiger partial charge on any atom is 0.123 e. The van der Waals surface area contributed by atoms with Crippen LogP contribution < -0.4 is 0 Å². The van der Waals surface area contributed by atoms with E-state index in [9.17, 15) is 8.78 Å². The summed E-state index contributed by atoms with van der Waals surface area (Å²) >= 11 is 0. The lowest BCUT2D eigenvalue weighted by Crippen LogP contribution is -2.47. The van der Waals surface area contributed by atoms with Gasteiger partial charge in [-0.1, -0.05) is 54.6 Å². The maximum atomic E-state index is 13.8. The van der Waals surface area contributed by atoms with Gasteiger partial charge in [-0.05, 0) is 60.3 Å². The highest BCUT2D eigenvalue weighted by Crippen LogP contribution is 2.27. The number of hydrogen-bond acceptors (Lipinski definition) is 3. The lowest BCUT2D eigenvalue weighted by Gasteiger charge is -2.35. The molecule has 1 heterocycles. The largest absolute Gasteiger partial charge is 0.367 e. The minimum atomic E-state index is -0.416. The molecule has 4 rings (SSSR count). The Kier molecular flexibility index (Phi) is 12.7. The fourth-order valence-corrected chi connectivity index (χ4v) is 4.38. The lowest BCUT2D eigenvalue weighted by atomic mass is 10.0. The van der Waals surface area contributed by atoms with Crippen LogP contribution in [0.3, 0.4) is 0 Å². The number of rotatable bonds is 10. The SMILES string of the molecule is Cl.Cl.Fc1ccc(C(OCCN2CCN(CCCc3ccccc3)CC2)c2cccc(F)c2)cc1. The van der Waals surface area contributed by atoms with Gasteiger partial charge in [-0.2, -0.15) is 0 Å². The molecule has 0 bridgehead atoms. The first-order valence-corrected chi connectivity index (χ1v) is 11.8. The molecule has 0 spiro atoms. The smallest absolute Gasteiger partial charge is 0.123 e. The minimum Gasteiger partial charge on any atom is -0.367 e. The van der Waals surface area contributed by atoms with Crippen molar-refractivity contribution in [3.8, 4) is 0 Å². The van der Waals surface area contributed by atoms with E-state index in [1.165, 1.54) is 36.2 Å². The topological polar surface area (TPSA) is 15.7 Å². The van der Waals surface area contributed by atoms with Gasteiger partial charge >= 0.3 is 0 Å². The Bertz CT molecular complexity index is 984. The monoisotopic (exact) mass is 522 g/mol. The molecule has 0 aliphatic carbocycles. The summed E-state index contributed by atoms with van der Waals surface area (Å²) in [5.41, 5.74) is 2.97. The number of piperazine rings is 1. The second-order valence-electron chi connectivity index (χ2n) is 8.63. The van der Waals surface area contributed by atoms with Crippen LogP contribution in [0.5, 0.6) is 0 Å². The van der Waals surface area contributed by atoms with Gasteiger partial charge in [0.15, 0.2) is 0 Å². The summed E-state index contributed by atoms with van der Waals surface area (Å²) in [6.07, 6.45) is 1.89. The second kappa shape index (κ2) is 15.2. The number of nitrogens with zero attached hydrogens (tertiary/aromatic N) is 2. The van der Waals surface area contributed by atoms with Crippen LogP contribution in [-0.2, 0) is 11.2 Å². The van der Waals surface area contributed by atoms with Crippen LogP contribution in [0.2, 0.25) is 0 Å². The molecule has 3 aromatic rings. The lowest BCUT2D eigenvalue weighted by molar-refractivity contribution is 0.0450. The van der Waals surface area contributed by atoms with Crippen molar-refractivity contribution in [2.24, 2.45) is 0 Å². The van der Waals surface area contributed by atoms with E-state index in [1.54, 1.807) is 18.2 Å². The third-order valence-corrected chi connectivity index (χ3v) is 6.26. The average Bonchev–Trinajstić information content (AvgIpc) is 2.84. The van der Waals surface area contributed by atoms with Crippen molar-refractivity contribution < 1.29 is 13.5 Å². The van der Waals surface area contributed by atoms with E-state index in [0.717, 1.165) is 56.8 Å². The summed E-state index contributed by atoms with van der Waals surface area (Å²) in [5.74, 6) is -0.593. The van der Waals surface area contributed by atoms with E-state index in [-0.39, 0.29) is 36.4 Å². The maximum absolute atomic E-state index is 13.8. The van der Waals surface area contributed by atoms with Crippen LogP contribution in [-0.4, -0.2) is 55.7 Å². The van der Waals surface area contributed by atoms with Crippen LogP contribution in [0.15, 0.2) is 78.9 Å². The Labute approximate surface area is 219 Å². The fraction of sp³-hybridized carbons (Fsp3) is 0.357. The van der Waals surface area contributed by atoms with E-state index in [4.69, 9.17) is 4.74 Å². The van der Waals surface area contributed by atoms with E-state index in [0.29, 0.717) is 6.61 Å². The molecule has 1 unspecified atom stereocenters. The van der Waals surface area contributed by atoms with Crippen molar-refractivity contribution in [3.63, 3.8) is 0 Å². The summed E-state index contributed by atoms with van der Waals surface area (Å²) in [7, 11) is 0. The molecular formula is C28H34Cl2F2N2O. The Morgan fingerprint density at radius 3 is 2.00 bits per heavy atom. The van der Waals surface area contributed by atoms with Gasteiger partial charge in [0.25, 0.3) is 0 Å². The minimum absolute atomic E-state index is 0. The summed E-state index contributed by atoms with van der Waals surface area (Å²) in [5, 5.41) is 0. The molecule has 3 aromatic carbocycles. The van der Waals surface area contributed by atoms with Crippen LogP contribution in [0.1, 0.15) is 29.2 Å². The predicted octanol–water partition coefficient (Wildman–Crippen LogP) is 6.16. The van der Waals surface area contributed by atoms with E-state index >= 15 is 0 Å². The Morgan fingerprint density at radius 1 is 0.686 bits per heavy atom. The third kappa shape index (κ3) is 9.17. The predicted molar refractivity (Wildman–Crippen MR) is 143 cm³/mol.